The van der Waals surface area contributed by atoms with E-state index >= 15 is 0 Å². The highest BCUT2D eigenvalue weighted by atomic mass is 79.9. The first-order chi connectivity index (χ1) is 8.58. The van der Waals surface area contributed by atoms with Crippen molar-refractivity contribution in [1.82, 2.24) is 10.6 Å². The summed E-state index contributed by atoms with van der Waals surface area (Å²) >= 11 is 9.18. The van der Waals surface area contributed by atoms with Crippen LogP contribution in [0, 0.1) is 0 Å². The van der Waals surface area contributed by atoms with E-state index in [2.05, 4.69) is 26.6 Å². The van der Waals surface area contributed by atoms with Crippen molar-refractivity contribution < 1.29 is 9.59 Å². The van der Waals surface area contributed by atoms with Crippen molar-refractivity contribution in [3.63, 3.8) is 0 Å². The zero-order valence-electron chi connectivity index (χ0n) is 9.50. The fourth-order valence-electron chi connectivity index (χ4n) is 1.79. The normalized spacial score (nSPS) is 19.2. The zero-order chi connectivity index (χ0) is 13.1. The molecule has 0 saturated carbocycles. The molecule has 0 aromatic heterocycles. The van der Waals surface area contributed by atoms with Crippen LogP contribution >= 0.6 is 27.5 Å². The molecule has 2 amide bonds. The maximum atomic E-state index is 12.0. The Balaban J connectivity index is 2.07. The van der Waals surface area contributed by atoms with Gasteiger partial charge in [-0.25, -0.2) is 0 Å². The molecule has 1 fully saturated rings. The average molecular weight is 332 g/mol. The van der Waals surface area contributed by atoms with Gasteiger partial charge in [-0.15, -0.1) is 0 Å². The van der Waals surface area contributed by atoms with Gasteiger partial charge in [0.25, 0.3) is 5.91 Å². The Morgan fingerprint density at radius 3 is 2.94 bits per heavy atom. The topological polar surface area (TPSA) is 58.2 Å². The van der Waals surface area contributed by atoms with Gasteiger partial charge in [0.2, 0.25) is 5.91 Å². The monoisotopic (exact) mass is 330 g/mol. The smallest absolute Gasteiger partial charge is 0.251 e. The lowest BCUT2D eigenvalue weighted by Gasteiger charge is -2.22. The van der Waals surface area contributed by atoms with Gasteiger partial charge in [-0.1, -0.05) is 11.6 Å². The molecular formula is C12H12BrClN2O2. The lowest BCUT2D eigenvalue weighted by Crippen LogP contribution is -2.50. The number of piperidine rings is 1. The number of carbonyl (C=O) groups excluding carboxylic acids is 2. The summed E-state index contributed by atoms with van der Waals surface area (Å²) in [5.41, 5.74) is 0.446. The fraction of sp³-hybridized carbons (Fsp3) is 0.333. The number of halogens is 2. The molecule has 0 bridgehead atoms. The van der Waals surface area contributed by atoms with Crippen LogP contribution in [0.2, 0.25) is 5.02 Å². The molecule has 6 heteroatoms. The van der Waals surface area contributed by atoms with Gasteiger partial charge in [0.15, 0.2) is 0 Å². The van der Waals surface area contributed by atoms with E-state index < -0.39 is 6.04 Å². The predicted molar refractivity (Wildman–Crippen MR) is 72.6 cm³/mol. The van der Waals surface area contributed by atoms with Crippen LogP contribution in [-0.4, -0.2) is 24.4 Å². The van der Waals surface area contributed by atoms with Gasteiger partial charge in [-0.3, -0.25) is 9.59 Å². The Morgan fingerprint density at radius 2 is 2.28 bits per heavy atom. The van der Waals surface area contributed by atoms with Crippen LogP contribution < -0.4 is 10.6 Å². The van der Waals surface area contributed by atoms with Crippen molar-refractivity contribution in [1.29, 1.82) is 0 Å². The molecule has 1 unspecified atom stereocenters. The summed E-state index contributed by atoms with van der Waals surface area (Å²) in [6, 6.07) is 4.49. The third-order valence-corrected chi connectivity index (χ3v) is 4.00. The van der Waals surface area contributed by atoms with E-state index in [9.17, 15) is 9.59 Å². The molecule has 1 aliphatic rings. The lowest BCUT2D eigenvalue weighted by atomic mass is 10.1. The van der Waals surface area contributed by atoms with E-state index in [4.69, 9.17) is 11.6 Å². The third-order valence-electron chi connectivity index (χ3n) is 2.77. The molecule has 2 N–H and O–H groups in total. The van der Waals surface area contributed by atoms with E-state index in [-0.39, 0.29) is 11.8 Å². The highest BCUT2D eigenvalue weighted by Crippen LogP contribution is 2.23. The largest absolute Gasteiger partial charge is 0.354 e. The number of benzene rings is 1. The fourth-order valence-corrected chi connectivity index (χ4v) is 2.22. The number of hydrogen-bond acceptors (Lipinski definition) is 2. The second kappa shape index (κ2) is 5.71. The minimum absolute atomic E-state index is 0.127. The van der Waals surface area contributed by atoms with E-state index in [1.165, 1.54) is 0 Å². The predicted octanol–water partition coefficient (Wildman–Crippen LogP) is 2.11. The molecule has 1 heterocycles. The molecule has 2 rings (SSSR count). The van der Waals surface area contributed by atoms with Gasteiger partial charge >= 0.3 is 0 Å². The van der Waals surface area contributed by atoms with Crippen LogP contribution in [0.4, 0.5) is 0 Å². The van der Waals surface area contributed by atoms with Crippen LogP contribution in [0.1, 0.15) is 23.2 Å². The van der Waals surface area contributed by atoms with Crippen molar-refractivity contribution in [2.75, 3.05) is 6.54 Å². The van der Waals surface area contributed by atoms with E-state index in [0.717, 1.165) is 10.9 Å². The Labute approximate surface area is 118 Å². The summed E-state index contributed by atoms with van der Waals surface area (Å²) in [7, 11) is 0. The Bertz CT molecular complexity index is 493. The molecule has 1 saturated heterocycles. The summed E-state index contributed by atoms with van der Waals surface area (Å²) < 4.78 is 0.733. The molecule has 1 aromatic carbocycles. The summed E-state index contributed by atoms with van der Waals surface area (Å²) in [6.45, 7) is 0.676. The highest BCUT2D eigenvalue weighted by Gasteiger charge is 2.24. The first kappa shape index (κ1) is 13.4. The Hall–Kier alpha value is -1.07. The van der Waals surface area contributed by atoms with Gasteiger partial charge in [0.1, 0.15) is 6.04 Å². The second-order valence-corrected chi connectivity index (χ2v) is 5.35. The summed E-state index contributed by atoms with van der Waals surface area (Å²) in [4.78, 5) is 23.5. The zero-order valence-corrected chi connectivity index (χ0v) is 11.8. The summed E-state index contributed by atoms with van der Waals surface area (Å²) in [6.07, 6.45) is 1.54. The minimum atomic E-state index is -0.450. The van der Waals surface area contributed by atoms with E-state index in [0.29, 0.717) is 23.6 Å². The van der Waals surface area contributed by atoms with Crippen LogP contribution in [0.3, 0.4) is 0 Å². The van der Waals surface area contributed by atoms with Crippen molar-refractivity contribution >= 4 is 39.3 Å². The average Bonchev–Trinajstić information content (AvgIpc) is 2.35. The van der Waals surface area contributed by atoms with E-state index in [1.54, 1.807) is 18.2 Å². The molecule has 1 atom stereocenters. The van der Waals surface area contributed by atoms with Crippen LogP contribution in [0.15, 0.2) is 22.7 Å². The first-order valence-corrected chi connectivity index (χ1v) is 6.78. The van der Waals surface area contributed by atoms with Gasteiger partial charge in [0.05, 0.1) is 5.02 Å². The first-order valence-electron chi connectivity index (χ1n) is 5.61. The molecule has 0 radical (unpaired) electrons. The van der Waals surface area contributed by atoms with Gasteiger partial charge in [-0.05, 0) is 47.0 Å². The number of hydrogen-bond donors (Lipinski definition) is 2. The number of amides is 2. The van der Waals surface area contributed by atoms with Crippen molar-refractivity contribution in [3.8, 4) is 0 Å². The maximum Gasteiger partial charge on any atom is 0.251 e. The minimum Gasteiger partial charge on any atom is -0.354 e. The number of carbonyl (C=O) groups is 2. The van der Waals surface area contributed by atoms with Gasteiger partial charge in [-0.2, -0.15) is 0 Å². The standard InChI is InChI=1S/C12H12BrClN2O2/c13-8-4-3-7(6-9(8)14)11(17)16-10-2-1-5-15-12(10)18/h3-4,6,10H,1-2,5H2,(H,15,18)(H,16,17). The van der Waals surface area contributed by atoms with Crippen molar-refractivity contribution in [2.45, 2.75) is 18.9 Å². The van der Waals surface area contributed by atoms with Crippen molar-refractivity contribution in [2.24, 2.45) is 0 Å². The molecule has 0 spiro atoms. The van der Waals surface area contributed by atoms with Crippen molar-refractivity contribution in [3.05, 3.63) is 33.3 Å². The molecule has 1 aliphatic heterocycles. The molecule has 0 aliphatic carbocycles. The molecule has 4 nitrogen and oxygen atoms in total. The SMILES string of the molecule is O=C(NC1CCCNC1=O)c1ccc(Br)c(Cl)c1. The van der Waals surface area contributed by atoms with Crippen LogP contribution in [-0.2, 0) is 4.79 Å². The quantitative estimate of drug-likeness (QED) is 0.872. The highest BCUT2D eigenvalue weighted by molar-refractivity contribution is 9.10. The van der Waals surface area contributed by atoms with Crippen LogP contribution in [0.25, 0.3) is 0 Å². The maximum absolute atomic E-state index is 12.0. The third kappa shape index (κ3) is 3.03. The summed E-state index contributed by atoms with van der Waals surface area (Å²) in [5.74, 6) is -0.413. The van der Waals surface area contributed by atoms with E-state index in [1.807, 2.05) is 0 Å². The summed E-state index contributed by atoms with van der Waals surface area (Å²) in [5, 5.41) is 5.90. The molecule has 18 heavy (non-hydrogen) atoms. The molecule has 96 valence electrons. The van der Waals surface area contributed by atoms with Gasteiger partial charge in [0, 0.05) is 16.6 Å². The Kier molecular flexibility index (Phi) is 4.24. The number of nitrogens with one attached hydrogen (secondary N) is 2. The van der Waals surface area contributed by atoms with Gasteiger partial charge < -0.3 is 10.6 Å². The Morgan fingerprint density at radius 1 is 1.50 bits per heavy atom. The molecule has 1 aromatic rings. The van der Waals surface area contributed by atoms with Crippen LogP contribution in [0.5, 0.6) is 0 Å². The lowest BCUT2D eigenvalue weighted by molar-refractivity contribution is -0.124. The number of rotatable bonds is 2. The second-order valence-electron chi connectivity index (χ2n) is 4.09. The molecular weight excluding hydrogens is 320 g/mol.